The van der Waals surface area contributed by atoms with Gasteiger partial charge < -0.3 is 0 Å². The minimum Gasteiger partial charge on any atom is -0.239 e. The van der Waals surface area contributed by atoms with E-state index >= 15 is 0 Å². The molecular weight excluding hydrogens is 622 g/mol. The maximum atomic E-state index is 3.92. The summed E-state index contributed by atoms with van der Waals surface area (Å²) in [5.41, 5.74) is 31.2. The zero-order valence-electron chi connectivity index (χ0n) is 29.8. The van der Waals surface area contributed by atoms with E-state index in [2.05, 4.69) is 63.9 Å². The molecule has 0 amide bonds. The van der Waals surface area contributed by atoms with Crippen molar-refractivity contribution in [3.8, 4) is 0 Å². The summed E-state index contributed by atoms with van der Waals surface area (Å²) in [6.45, 7) is 1.80. The van der Waals surface area contributed by atoms with E-state index in [9.17, 15) is 0 Å². The third-order valence-corrected chi connectivity index (χ3v) is 19.3. The zero-order chi connectivity index (χ0) is 32.0. The second-order valence-electron chi connectivity index (χ2n) is 20.5. The van der Waals surface area contributed by atoms with Crippen LogP contribution in [0.1, 0.15) is 103 Å². The second kappa shape index (κ2) is 10.7. The molecule has 16 unspecified atom stereocenters. The normalized spacial score (nSPS) is 60.5. The second-order valence-corrected chi connectivity index (χ2v) is 20.5. The summed E-state index contributed by atoms with van der Waals surface area (Å²) in [7, 11) is 0. The Morgan fingerprint density at radius 1 is 0.360 bits per heavy atom. The van der Waals surface area contributed by atoms with Crippen LogP contribution in [-0.4, -0.2) is 106 Å². The molecule has 16 atom stereocenters. The molecule has 6 saturated carbocycles. The van der Waals surface area contributed by atoms with Crippen molar-refractivity contribution in [2.75, 3.05) is 0 Å². The van der Waals surface area contributed by atoms with E-state index < -0.39 is 0 Å². The van der Waals surface area contributed by atoms with Gasteiger partial charge in [-0.05, 0) is 98.1 Å². The Hall–Kier alpha value is -0.350. The molecule has 12 nitrogen and oxygen atoms in total. The van der Waals surface area contributed by atoms with Crippen LogP contribution in [0.4, 0.5) is 0 Å². The average molecular weight is 683 g/mol. The first-order chi connectivity index (χ1) is 24.8. The van der Waals surface area contributed by atoms with Crippen LogP contribution in [0.5, 0.6) is 0 Å². The van der Waals surface area contributed by atoms with Gasteiger partial charge in [0.1, 0.15) is 0 Å². The van der Waals surface area contributed by atoms with Gasteiger partial charge in [0.2, 0.25) is 0 Å². The van der Waals surface area contributed by atoms with Gasteiger partial charge in [-0.2, -0.15) is 22.1 Å². The summed E-state index contributed by atoms with van der Waals surface area (Å²) in [5.74, 6) is 6.52. The van der Waals surface area contributed by atoms with Crippen LogP contribution >= 0.6 is 0 Å². The molecule has 0 spiro atoms. The highest BCUT2D eigenvalue weighted by atomic mass is 15.8. The first-order valence-corrected chi connectivity index (χ1v) is 22.0. The molecule has 0 aromatic rings. The topological polar surface area (TPSA) is 109 Å². The molecule has 14 rings (SSSR count). The predicted octanol–water partition coefficient (Wildman–Crippen LogP) is 1.53. The number of rotatable bonds is 1. The minimum absolute atomic E-state index is 0.637. The number of nitrogens with one attached hydrogen (secondary N) is 8. The van der Waals surface area contributed by atoms with Gasteiger partial charge in [0, 0.05) is 72.5 Å². The van der Waals surface area contributed by atoms with E-state index in [1.807, 2.05) is 0 Å². The summed E-state index contributed by atoms with van der Waals surface area (Å²) in [6.07, 6.45) is 22.4. The molecule has 14 heteroatoms. The molecule has 0 aromatic carbocycles. The van der Waals surface area contributed by atoms with Crippen LogP contribution in [0.15, 0.2) is 0 Å². The van der Waals surface area contributed by atoms with Gasteiger partial charge in [0.05, 0.1) is 0 Å². The summed E-state index contributed by atoms with van der Waals surface area (Å²) < 4.78 is 0. The molecule has 50 heavy (non-hydrogen) atoms. The summed E-state index contributed by atoms with van der Waals surface area (Å²) >= 11 is 0. The van der Waals surface area contributed by atoms with Crippen molar-refractivity contribution >= 4 is 13.4 Å². The lowest BCUT2D eigenvalue weighted by molar-refractivity contribution is -0.0701. The first-order valence-electron chi connectivity index (χ1n) is 22.0. The third-order valence-electron chi connectivity index (χ3n) is 19.3. The summed E-state index contributed by atoms with van der Waals surface area (Å²) in [6, 6.07) is 7.89. The molecule has 14 fully saturated rings. The van der Waals surface area contributed by atoms with Gasteiger partial charge in [-0.25, -0.2) is 41.7 Å². The SMILES string of the molecule is C1CC2NNN3C4CC(C5CC6C7B(C8CCCC9NNN6C98)C6CCCC8NNN(C7C5)C86)CC5C4B(C(C1)C23)C1CCCC2NNN5C21. The fourth-order valence-electron chi connectivity index (χ4n) is 18.3. The van der Waals surface area contributed by atoms with Crippen LogP contribution in [0.25, 0.3) is 0 Å². The van der Waals surface area contributed by atoms with Gasteiger partial charge in [-0.1, -0.05) is 51.4 Å². The van der Waals surface area contributed by atoms with Crippen LogP contribution in [0.2, 0.25) is 34.9 Å². The molecular formula is C36H60B2N12. The largest absolute Gasteiger partial charge is 0.239 e. The van der Waals surface area contributed by atoms with Crippen LogP contribution in [0.3, 0.4) is 0 Å². The molecule has 14 aliphatic rings. The lowest BCUT2D eigenvalue weighted by Gasteiger charge is -2.67. The zero-order valence-corrected chi connectivity index (χ0v) is 29.8. The van der Waals surface area contributed by atoms with Gasteiger partial charge in [-0.15, -0.1) is 0 Å². The van der Waals surface area contributed by atoms with Crippen molar-refractivity contribution in [3.63, 3.8) is 0 Å². The maximum Gasteiger partial charge on any atom is 0.157 e. The molecule has 8 N–H and O–H groups in total. The van der Waals surface area contributed by atoms with E-state index in [-0.39, 0.29) is 0 Å². The number of hydrogen-bond donors (Lipinski definition) is 8. The molecule has 270 valence electrons. The van der Waals surface area contributed by atoms with Gasteiger partial charge >= 0.3 is 0 Å². The smallest absolute Gasteiger partial charge is 0.157 e. The van der Waals surface area contributed by atoms with Crippen LogP contribution in [0, 0.1) is 11.8 Å². The van der Waals surface area contributed by atoms with Gasteiger partial charge in [0.25, 0.3) is 0 Å². The lowest BCUT2D eigenvalue weighted by Crippen LogP contribution is -2.75. The summed E-state index contributed by atoms with van der Waals surface area (Å²) in [4.78, 5) is 0. The highest BCUT2D eigenvalue weighted by molar-refractivity contribution is 6.66. The van der Waals surface area contributed by atoms with Crippen molar-refractivity contribution in [2.45, 2.75) is 210 Å². The van der Waals surface area contributed by atoms with E-state index in [0.717, 1.165) is 60.2 Å². The van der Waals surface area contributed by atoms with Crippen molar-refractivity contribution in [1.82, 2.24) is 63.9 Å². The maximum absolute atomic E-state index is 3.92. The van der Waals surface area contributed by atoms with E-state index in [4.69, 9.17) is 0 Å². The predicted molar refractivity (Wildman–Crippen MR) is 193 cm³/mol. The number of hydrazine groups is 8. The standard InChI is InChI=1S/C36H60B2N12/c1-5-19-33-23(9-1)39-43-47(33)27-13-17(14-28-31(27)37(19)20-6-2-10-24-34(20)48(28)44-40-24)18-15-29-32-30(16-18)50-36-22(8-4-12-26(36)42-46-50)38(32)21-7-3-11-25-35(21)49(29)45-41-25/h17-36,39-46H,1-16H2. The number of hydrogen-bond acceptors (Lipinski definition) is 12. The molecule has 0 aromatic heterocycles. The Labute approximate surface area is 298 Å². The number of nitrogens with zero attached hydrogens (tertiary/aromatic N) is 4. The quantitative estimate of drug-likeness (QED) is 0.193. The molecule has 0 bridgehead atoms. The van der Waals surface area contributed by atoms with Crippen molar-refractivity contribution in [2.24, 2.45) is 11.8 Å². The molecule has 8 heterocycles. The Kier molecular flexibility index (Phi) is 6.40. The highest BCUT2D eigenvalue weighted by Crippen LogP contribution is 2.65. The Balaban J connectivity index is 0.853. The third kappa shape index (κ3) is 3.69. The highest BCUT2D eigenvalue weighted by Gasteiger charge is 2.71. The number of fused-ring (bicyclic) bond motifs is 8. The lowest BCUT2D eigenvalue weighted by atomic mass is 9.18. The van der Waals surface area contributed by atoms with E-state index in [1.165, 1.54) is 103 Å². The Morgan fingerprint density at radius 2 is 0.640 bits per heavy atom. The first kappa shape index (κ1) is 29.9. The molecule has 8 saturated heterocycles. The molecule has 0 radical (unpaired) electrons. The van der Waals surface area contributed by atoms with Gasteiger partial charge in [0.15, 0.2) is 13.4 Å². The van der Waals surface area contributed by atoms with E-state index in [0.29, 0.717) is 72.5 Å². The Morgan fingerprint density at radius 3 is 0.920 bits per heavy atom. The van der Waals surface area contributed by atoms with Crippen molar-refractivity contribution in [3.05, 3.63) is 0 Å². The van der Waals surface area contributed by atoms with Crippen molar-refractivity contribution < 1.29 is 0 Å². The molecule has 6 aliphatic carbocycles. The molecule has 8 aliphatic heterocycles. The van der Waals surface area contributed by atoms with E-state index in [1.54, 1.807) is 0 Å². The fraction of sp³-hybridized carbons (Fsp3) is 1.00. The van der Waals surface area contributed by atoms with Gasteiger partial charge in [-0.3, -0.25) is 0 Å². The fourth-order valence-corrected chi connectivity index (χ4v) is 18.3. The van der Waals surface area contributed by atoms with Crippen LogP contribution < -0.4 is 43.8 Å². The Bertz CT molecular complexity index is 1210. The van der Waals surface area contributed by atoms with Crippen molar-refractivity contribution in [1.29, 1.82) is 0 Å². The monoisotopic (exact) mass is 683 g/mol. The average Bonchev–Trinajstić information content (AvgIpc) is 3.97. The summed E-state index contributed by atoms with van der Waals surface area (Å²) in [5, 5.41) is 11.5. The van der Waals surface area contributed by atoms with Crippen LogP contribution in [-0.2, 0) is 0 Å². The minimum atomic E-state index is 0.637.